The zero-order valence-corrected chi connectivity index (χ0v) is 13.3. The molecule has 0 spiro atoms. The lowest BCUT2D eigenvalue weighted by Crippen LogP contribution is -2.46. The summed E-state index contributed by atoms with van der Waals surface area (Å²) >= 11 is 0. The molecule has 1 fully saturated rings. The van der Waals surface area contributed by atoms with Crippen LogP contribution in [-0.2, 0) is 4.74 Å². The number of aliphatic hydroxyl groups excluding tert-OH is 1. The highest BCUT2D eigenvalue weighted by atomic mass is 16.6. The second kappa shape index (κ2) is 6.06. The number of amides is 1. The monoisotopic (exact) mass is 291 g/mol. The van der Waals surface area contributed by atoms with Gasteiger partial charge in [0.25, 0.3) is 0 Å². The van der Waals surface area contributed by atoms with Gasteiger partial charge in [-0.3, -0.25) is 0 Å². The van der Waals surface area contributed by atoms with Crippen LogP contribution < -0.4 is 0 Å². The molecule has 1 amide bonds. The molecule has 0 unspecified atom stereocenters. The van der Waals surface area contributed by atoms with Gasteiger partial charge in [0, 0.05) is 19.0 Å². The van der Waals surface area contributed by atoms with Gasteiger partial charge in [-0.25, -0.2) is 4.79 Å². The predicted octanol–water partition coefficient (Wildman–Crippen LogP) is 3.08. The second-order valence-corrected chi connectivity index (χ2v) is 6.75. The Kier molecular flexibility index (Phi) is 4.57. The van der Waals surface area contributed by atoms with Crippen molar-refractivity contribution in [3.63, 3.8) is 0 Å². The van der Waals surface area contributed by atoms with Gasteiger partial charge in [0.15, 0.2) is 0 Å². The maximum absolute atomic E-state index is 12.2. The maximum atomic E-state index is 12.2. The van der Waals surface area contributed by atoms with E-state index in [2.05, 4.69) is 0 Å². The van der Waals surface area contributed by atoms with Crippen LogP contribution in [0.2, 0.25) is 0 Å². The highest BCUT2D eigenvalue weighted by Gasteiger charge is 2.33. The van der Waals surface area contributed by atoms with Crippen LogP contribution in [0.4, 0.5) is 4.79 Å². The molecule has 1 saturated heterocycles. The maximum Gasteiger partial charge on any atom is 0.410 e. The highest BCUT2D eigenvalue weighted by Crippen LogP contribution is 2.30. The van der Waals surface area contributed by atoms with Gasteiger partial charge in [0.2, 0.25) is 0 Å². The molecule has 0 radical (unpaired) electrons. The molecule has 0 aromatic heterocycles. The van der Waals surface area contributed by atoms with Crippen LogP contribution in [0.3, 0.4) is 0 Å². The lowest BCUT2D eigenvalue weighted by Gasteiger charge is -2.37. The van der Waals surface area contributed by atoms with Crippen LogP contribution >= 0.6 is 0 Å². The number of hydrogen-bond acceptors (Lipinski definition) is 3. The summed E-state index contributed by atoms with van der Waals surface area (Å²) in [5.41, 5.74) is 1.76. The molecule has 1 aromatic rings. The van der Waals surface area contributed by atoms with E-state index >= 15 is 0 Å². The van der Waals surface area contributed by atoms with Crippen LogP contribution in [0.25, 0.3) is 0 Å². The van der Waals surface area contributed by atoms with Gasteiger partial charge in [-0.05, 0) is 45.2 Å². The Labute approximate surface area is 126 Å². The van der Waals surface area contributed by atoms with Crippen molar-refractivity contribution >= 4 is 6.09 Å². The molecule has 2 rings (SSSR count). The first-order chi connectivity index (χ1) is 9.78. The van der Waals surface area contributed by atoms with Crippen molar-refractivity contribution in [2.45, 2.75) is 51.7 Å². The van der Waals surface area contributed by atoms with Crippen LogP contribution in [-0.4, -0.2) is 40.9 Å². The van der Waals surface area contributed by atoms with E-state index in [0.29, 0.717) is 19.5 Å². The zero-order chi connectivity index (χ0) is 15.6. The lowest BCUT2D eigenvalue weighted by atomic mass is 9.86. The third kappa shape index (κ3) is 3.97. The Morgan fingerprint density at radius 2 is 2.00 bits per heavy atom. The van der Waals surface area contributed by atoms with Gasteiger partial charge >= 0.3 is 6.09 Å². The standard InChI is InChI=1S/C17H25NO3/c1-12-7-5-6-8-13(12)14-11-18(10-9-15(14)19)16(20)21-17(2,3)4/h5-8,14-15,19H,9-11H2,1-4H3/t14-,15+/m1/s1. The van der Waals surface area contributed by atoms with Crippen LogP contribution in [0, 0.1) is 6.92 Å². The first-order valence-corrected chi connectivity index (χ1v) is 7.49. The molecule has 116 valence electrons. The summed E-state index contributed by atoms with van der Waals surface area (Å²) in [6.45, 7) is 8.67. The van der Waals surface area contributed by atoms with Crippen molar-refractivity contribution < 1.29 is 14.6 Å². The van der Waals surface area contributed by atoms with E-state index in [-0.39, 0.29) is 12.0 Å². The summed E-state index contributed by atoms with van der Waals surface area (Å²) in [6.07, 6.45) is -0.129. The quantitative estimate of drug-likeness (QED) is 0.865. The Hall–Kier alpha value is -1.55. The molecule has 1 heterocycles. The lowest BCUT2D eigenvalue weighted by molar-refractivity contribution is 0.00400. The summed E-state index contributed by atoms with van der Waals surface area (Å²) in [4.78, 5) is 13.9. The fraction of sp³-hybridized carbons (Fsp3) is 0.588. The van der Waals surface area contributed by atoms with Crippen molar-refractivity contribution in [1.29, 1.82) is 0 Å². The molecule has 1 aliphatic rings. The van der Waals surface area contributed by atoms with Crippen LogP contribution in [0.15, 0.2) is 24.3 Å². The smallest absolute Gasteiger partial charge is 0.410 e. The minimum atomic E-state index is -0.495. The molecule has 0 aliphatic carbocycles. The molecule has 1 aromatic carbocycles. The summed E-state index contributed by atoms with van der Waals surface area (Å²) < 4.78 is 5.43. The van der Waals surface area contributed by atoms with E-state index in [0.717, 1.165) is 11.1 Å². The topological polar surface area (TPSA) is 49.8 Å². The van der Waals surface area contributed by atoms with Gasteiger partial charge in [-0.15, -0.1) is 0 Å². The number of carbonyl (C=O) groups is 1. The van der Waals surface area contributed by atoms with Crippen molar-refractivity contribution in [2.75, 3.05) is 13.1 Å². The largest absolute Gasteiger partial charge is 0.444 e. The first kappa shape index (κ1) is 15.8. The van der Waals surface area contributed by atoms with Crippen molar-refractivity contribution in [3.8, 4) is 0 Å². The Balaban J connectivity index is 2.13. The van der Waals surface area contributed by atoms with Crippen molar-refractivity contribution in [1.82, 2.24) is 4.90 Å². The van der Waals surface area contributed by atoms with Crippen LogP contribution in [0.5, 0.6) is 0 Å². The number of nitrogens with zero attached hydrogens (tertiary/aromatic N) is 1. The molecule has 1 aliphatic heterocycles. The molecular weight excluding hydrogens is 266 g/mol. The highest BCUT2D eigenvalue weighted by molar-refractivity contribution is 5.68. The summed E-state index contributed by atoms with van der Waals surface area (Å²) in [7, 11) is 0. The molecule has 2 atom stereocenters. The number of carbonyl (C=O) groups excluding carboxylic acids is 1. The number of rotatable bonds is 1. The van der Waals surface area contributed by atoms with Gasteiger partial charge < -0.3 is 14.7 Å². The number of ether oxygens (including phenoxy) is 1. The summed E-state index contributed by atoms with van der Waals surface area (Å²) in [5, 5.41) is 10.3. The average molecular weight is 291 g/mol. The first-order valence-electron chi connectivity index (χ1n) is 7.49. The Morgan fingerprint density at radius 3 is 2.62 bits per heavy atom. The molecule has 1 N–H and O–H groups in total. The van der Waals surface area contributed by atoms with E-state index in [1.165, 1.54) is 0 Å². The van der Waals surface area contributed by atoms with E-state index in [4.69, 9.17) is 4.74 Å². The zero-order valence-electron chi connectivity index (χ0n) is 13.3. The van der Waals surface area contributed by atoms with Gasteiger partial charge in [0.05, 0.1) is 6.10 Å². The molecule has 0 bridgehead atoms. The molecule has 0 saturated carbocycles. The van der Waals surface area contributed by atoms with E-state index in [9.17, 15) is 9.90 Å². The third-order valence-electron chi connectivity index (χ3n) is 3.82. The number of likely N-dealkylation sites (tertiary alicyclic amines) is 1. The molecule has 4 nitrogen and oxygen atoms in total. The second-order valence-electron chi connectivity index (χ2n) is 6.75. The van der Waals surface area contributed by atoms with E-state index < -0.39 is 11.7 Å². The Bertz CT molecular complexity index is 507. The average Bonchev–Trinajstić information content (AvgIpc) is 2.38. The number of hydrogen-bond donors (Lipinski definition) is 1. The summed E-state index contributed by atoms with van der Waals surface area (Å²) in [5.74, 6) is -0.0486. The number of benzene rings is 1. The number of aryl methyl sites for hydroxylation is 1. The van der Waals surface area contributed by atoms with Gasteiger partial charge in [-0.2, -0.15) is 0 Å². The SMILES string of the molecule is Cc1ccccc1[C@H]1CN(C(=O)OC(C)(C)C)CC[C@@H]1O. The predicted molar refractivity (Wildman–Crippen MR) is 82.4 cm³/mol. The normalized spacial score (nSPS) is 23.0. The molecular formula is C17H25NO3. The third-order valence-corrected chi connectivity index (χ3v) is 3.82. The van der Waals surface area contributed by atoms with Gasteiger partial charge in [0.1, 0.15) is 5.60 Å². The minimum absolute atomic E-state index is 0.0486. The number of piperidine rings is 1. The fourth-order valence-electron chi connectivity index (χ4n) is 2.74. The molecule has 4 heteroatoms. The van der Waals surface area contributed by atoms with E-state index in [1.807, 2.05) is 52.0 Å². The summed E-state index contributed by atoms with van der Waals surface area (Å²) in [6, 6.07) is 8.03. The fourth-order valence-corrected chi connectivity index (χ4v) is 2.74. The van der Waals surface area contributed by atoms with Gasteiger partial charge in [-0.1, -0.05) is 24.3 Å². The van der Waals surface area contributed by atoms with E-state index in [1.54, 1.807) is 4.90 Å². The van der Waals surface area contributed by atoms with Crippen LogP contribution in [0.1, 0.15) is 44.2 Å². The van der Waals surface area contributed by atoms with Crippen molar-refractivity contribution in [2.24, 2.45) is 0 Å². The number of aliphatic hydroxyl groups is 1. The van der Waals surface area contributed by atoms with Crippen molar-refractivity contribution in [3.05, 3.63) is 35.4 Å². The Morgan fingerprint density at radius 1 is 1.33 bits per heavy atom. The minimum Gasteiger partial charge on any atom is -0.444 e. The molecule has 21 heavy (non-hydrogen) atoms.